The number of hydrogen-bond donors (Lipinski definition) is 0. The molecule has 2 aromatic carbocycles. The molecule has 1 aliphatic heterocycles. The van der Waals surface area contributed by atoms with E-state index in [1.165, 1.54) is 28.6 Å². The molecule has 1 saturated heterocycles. The predicted molar refractivity (Wildman–Crippen MR) is 109 cm³/mol. The number of benzene rings is 2. The Balaban J connectivity index is 1.67. The standard InChI is InChI=1S/C21H24ClNO4S/c1-15-10-16(2)13-23(12-15)28(25,26)20-8-6-18(7-9-20)21(24)27-14-17-4-3-5-19(22)11-17/h3-9,11,15-16H,10,12-14H2,1-2H3. The predicted octanol–water partition coefficient (Wildman–Crippen LogP) is 4.36. The summed E-state index contributed by atoms with van der Waals surface area (Å²) in [6.07, 6.45) is 1.03. The minimum Gasteiger partial charge on any atom is -0.457 e. The van der Waals surface area contributed by atoms with E-state index in [2.05, 4.69) is 13.8 Å². The number of hydrogen-bond acceptors (Lipinski definition) is 4. The second-order valence-corrected chi connectivity index (χ2v) is 9.87. The van der Waals surface area contributed by atoms with E-state index in [0.717, 1.165) is 12.0 Å². The third kappa shape index (κ3) is 4.93. The fourth-order valence-corrected chi connectivity index (χ4v) is 5.47. The van der Waals surface area contributed by atoms with Gasteiger partial charge < -0.3 is 4.74 Å². The van der Waals surface area contributed by atoms with E-state index in [4.69, 9.17) is 16.3 Å². The summed E-state index contributed by atoms with van der Waals surface area (Å²) in [5, 5.41) is 0.574. The molecule has 0 radical (unpaired) electrons. The number of carbonyl (C=O) groups excluding carboxylic acids is 1. The van der Waals surface area contributed by atoms with Crippen molar-refractivity contribution in [3.05, 3.63) is 64.7 Å². The lowest BCUT2D eigenvalue weighted by atomic mass is 9.94. The largest absolute Gasteiger partial charge is 0.457 e. The van der Waals surface area contributed by atoms with Crippen molar-refractivity contribution in [3.8, 4) is 0 Å². The molecule has 1 fully saturated rings. The molecule has 150 valence electrons. The molecule has 0 amide bonds. The summed E-state index contributed by atoms with van der Waals surface area (Å²) in [6.45, 7) is 5.28. The van der Waals surface area contributed by atoms with Crippen LogP contribution in [0.5, 0.6) is 0 Å². The fourth-order valence-electron chi connectivity index (χ4n) is 3.57. The number of piperidine rings is 1. The van der Waals surface area contributed by atoms with Crippen molar-refractivity contribution in [2.45, 2.75) is 31.8 Å². The average Bonchev–Trinajstić information content (AvgIpc) is 2.65. The van der Waals surface area contributed by atoms with Gasteiger partial charge in [-0.3, -0.25) is 0 Å². The number of rotatable bonds is 5. The zero-order valence-electron chi connectivity index (χ0n) is 16.0. The Labute approximate surface area is 171 Å². The van der Waals surface area contributed by atoms with E-state index < -0.39 is 16.0 Å². The molecule has 0 bridgehead atoms. The van der Waals surface area contributed by atoms with Gasteiger partial charge in [0.1, 0.15) is 6.61 Å². The molecule has 28 heavy (non-hydrogen) atoms. The first-order valence-electron chi connectivity index (χ1n) is 9.27. The van der Waals surface area contributed by atoms with Gasteiger partial charge in [-0.2, -0.15) is 4.31 Å². The SMILES string of the molecule is CC1CC(C)CN(S(=O)(=O)c2ccc(C(=O)OCc3cccc(Cl)c3)cc2)C1. The van der Waals surface area contributed by atoms with Crippen LogP contribution in [-0.2, 0) is 21.4 Å². The third-order valence-corrected chi connectivity index (χ3v) is 6.90. The van der Waals surface area contributed by atoms with E-state index in [-0.39, 0.29) is 11.5 Å². The molecule has 1 heterocycles. The Kier molecular flexibility index (Phi) is 6.43. The average molecular weight is 422 g/mol. The minimum absolute atomic E-state index is 0.100. The summed E-state index contributed by atoms with van der Waals surface area (Å²) in [6, 6.07) is 13.0. The Bertz CT molecular complexity index is 933. The molecule has 0 N–H and O–H groups in total. The highest BCUT2D eigenvalue weighted by molar-refractivity contribution is 7.89. The van der Waals surface area contributed by atoms with E-state index >= 15 is 0 Å². The second kappa shape index (κ2) is 8.64. The van der Waals surface area contributed by atoms with Crippen LogP contribution < -0.4 is 0 Å². The third-order valence-electron chi connectivity index (χ3n) is 4.82. The smallest absolute Gasteiger partial charge is 0.338 e. The van der Waals surface area contributed by atoms with Gasteiger partial charge in [0.25, 0.3) is 0 Å². The van der Waals surface area contributed by atoms with Gasteiger partial charge in [0.05, 0.1) is 10.5 Å². The van der Waals surface area contributed by atoms with Gasteiger partial charge >= 0.3 is 5.97 Å². The molecule has 0 saturated carbocycles. The van der Waals surface area contributed by atoms with Gasteiger partial charge in [-0.1, -0.05) is 37.6 Å². The topological polar surface area (TPSA) is 63.7 Å². The van der Waals surface area contributed by atoms with Crippen molar-refractivity contribution in [1.82, 2.24) is 4.31 Å². The van der Waals surface area contributed by atoms with Crippen LogP contribution in [0.2, 0.25) is 5.02 Å². The quantitative estimate of drug-likeness (QED) is 0.672. The Hall–Kier alpha value is -1.89. The van der Waals surface area contributed by atoms with Gasteiger partial charge in [0, 0.05) is 18.1 Å². The highest BCUT2D eigenvalue weighted by Crippen LogP contribution is 2.26. The van der Waals surface area contributed by atoms with E-state index in [9.17, 15) is 13.2 Å². The first-order valence-corrected chi connectivity index (χ1v) is 11.1. The van der Waals surface area contributed by atoms with Gasteiger partial charge in [0.2, 0.25) is 10.0 Å². The van der Waals surface area contributed by atoms with Gasteiger partial charge in [-0.25, -0.2) is 13.2 Å². The molecule has 5 nitrogen and oxygen atoms in total. The molecule has 1 aliphatic rings. The number of esters is 1. The number of ether oxygens (including phenoxy) is 1. The van der Waals surface area contributed by atoms with Crippen molar-refractivity contribution in [2.75, 3.05) is 13.1 Å². The molecular formula is C21H24ClNO4S. The maximum Gasteiger partial charge on any atom is 0.338 e. The molecule has 0 aromatic heterocycles. The van der Waals surface area contributed by atoms with Crippen molar-refractivity contribution in [1.29, 1.82) is 0 Å². The Morgan fingerprint density at radius 2 is 1.75 bits per heavy atom. The number of halogens is 1. The Morgan fingerprint density at radius 3 is 2.36 bits per heavy atom. The maximum absolute atomic E-state index is 12.9. The molecule has 2 unspecified atom stereocenters. The van der Waals surface area contributed by atoms with Gasteiger partial charge in [-0.15, -0.1) is 0 Å². The Morgan fingerprint density at radius 1 is 1.11 bits per heavy atom. The summed E-state index contributed by atoms with van der Waals surface area (Å²) in [5.41, 5.74) is 1.09. The molecule has 0 aliphatic carbocycles. The lowest BCUT2D eigenvalue weighted by molar-refractivity contribution is 0.0472. The van der Waals surface area contributed by atoms with Crippen molar-refractivity contribution in [3.63, 3.8) is 0 Å². The van der Waals surface area contributed by atoms with Crippen molar-refractivity contribution < 1.29 is 17.9 Å². The zero-order chi connectivity index (χ0) is 20.3. The van der Waals surface area contributed by atoms with E-state index in [0.29, 0.717) is 35.5 Å². The first kappa shape index (κ1) is 20.8. The maximum atomic E-state index is 12.9. The number of nitrogens with zero attached hydrogens (tertiary/aromatic N) is 1. The highest BCUT2D eigenvalue weighted by atomic mass is 35.5. The van der Waals surface area contributed by atoms with Crippen LogP contribution in [-0.4, -0.2) is 31.8 Å². The normalized spacial score (nSPS) is 20.7. The van der Waals surface area contributed by atoms with E-state index in [1.807, 2.05) is 6.07 Å². The van der Waals surface area contributed by atoms with Crippen molar-refractivity contribution >= 4 is 27.6 Å². The van der Waals surface area contributed by atoms with Crippen LogP contribution >= 0.6 is 11.6 Å². The number of sulfonamides is 1. The van der Waals surface area contributed by atoms with E-state index in [1.54, 1.807) is 18.2 Å². The summed E-state index contributed by atoms with van der Waals surface area (Å²) >= 11 is 5.92. The van der Waals surface area contributed by atoms with Crippen LogP contribution in [0.15, 0.2) is 53.4 Å². The second-order valence-electron chi connectivity index (χ2n) is 7.50. The van der Waals surface area contributed by atoms with Crippen molar-refractivity contribution in [2.24, 2.45) is 11.8 Å². The van der Waals surface area contributed by atoms with Crippen LogP contribution in [0.3, 0.4) is 0 Å². The van der Waals surface area contributed by atoms with Crippen LogP contribution in [0.4, 0.5) is 0 Å². The molecule has 2 aromatic rings. The van der Waals surface area contributed by atoms with Gasteiger partial charge in [-0.05, 0) is 60.2 Å². The highest BCUT2D eigenvalue weighted by Gasteiger charge is 2.31. The molecule has 7 heteroatoms. The zero-order valence-corrected chi connectivity index (χ0v) is 17.5. The summed E-state index contributed by atoms with van der Waals surface area (Å²) in [4.78, 5) is 12.4. The fraction of sp³-hybridized carbons (Fsp3) is 0.381. The van der Waals surface area contributed by atoms with Crippen LogP contribution in [0, 0.1) is 11.8 Å². The number of carbonyl (C=O) groups is 1. The molecule has 0 spiro atoms. The summed E-state index contributed by atoms with van der Waals surface area (Å²) in [5.74, 6) is 0.155. The monoisotopic (exact) mass is 421 g/mol. The molecule has 2 atom stereocenters. The lowest BCUT2D eigenvalue weighted by Gasteiger charge is -2.34. The van der Waals surface area contributed by atoms with Crippen LogP contribution in [0.1, 0.15) is 36.2 Å². The molecule has 3 rings (SSSR count). The van der Waals surface area contributed by atoms with Crippen LogP contribution in [0.25, 0.3) is 0 Å². The summed E-state index contributed by atoms with van der Waals surface area (Å²) in [7, 11) is -3.56. The minimum atomic E-state index is -3.56. The molecular weight excluding hydrogens is 398 g/mol. The first-order chi connectivity index (χ1) is 13.3. The summed E-state index contributed by atoms with van der Waals surface area (Å²) < 4.78 is 32.6. The lowest BCUT2D eigenvalue weighted by Crippen LogP contribution is -2.42. The van der Waals surface area contributed by atoms with Gasteiger partial charge in [0.15, 0.2) is 0 Å².